The van der Waals surface area contributed by atoms with Gasteiger partial charge in [-0.1, -0.05) is 48.0 Å². The molecule has 0 aliphatic carbocycles. The van der Waals surface area contributed by atoms with E-state index in [1.807, 2.05) is 6.92 Å². The topological polar surface area (TPSA) is 68.9 Å². The van der Waals surface area contributed by atoms with Gasteiger partial charge in [0.1, 0.15) is 0 Å². The van der Waals surface area contributed by atoms with Gasteiger partial charge in [0.05, 0.1) is 24.2 Å². The molecule has 0 saturated carbocycles. The monoisotopic (exact) mass is 534 g/mol. The Morgan fingerprint density at radius 2 is 1.32 bits per heavy atom. The Labute approximate surface area is 211 Å². The van der Waals surface area contributed by atoms with Gasteiger partial charge in [0, 0.05) is 5.69 Å². The third-order valence-corrected chi connectivity index (χ3v) is 5.65. The molecule has 1 N–H and O–H groups in total. The highest BCUT2D eigenvalue weighted by Gasteiger charge is 2.31. The van der Waals surface area contributed by atoms with Crippen LogP contribution in [-0.2, 0) is 25.4 Å². The molecular formula is C26H20F6N4O2. The van der Waals surface area contributed by atoms with Gasteiger partial charge < -0.3 is 5.32 Å². The van der Waals surface area contributed by atoms with Crippen LogP contribution in [0.4, 0.5) is 38.0 Å². The Bertz CT molecular complexity index is 1570. The number of rotatable bonds is 6. The zero-order valence-corrected chi connectivity index (χ0v) is 19.8. The first-order chi connectivity index (χ1) is 17.8. The summed E-state index contributed by atoms with van der Waals surface area (Å²) in [5.74, 6) is -0.420. The molecule has 38 heavy (non-hydrogen) atoms. The second kappa shape index (κ2) is 10.2. The predicted molar refractivity (Wildman–Crippen MR) is 128 cm³/mol. The van der Waals surface area contributed by atoms with Gasteiger partial charge in [0.25, 0.3) is 0 Å². The van der Waals surface area contributed by atoms with Crippen LogP contribution in [0.5, 0.6) is 0 Å². The lowest BCUT2D eigenvalue weighted by Crippen LogP contribution is -2.43. The number of aromatic nitrogens is 3. The minimum absolute atomic E-state index is 0.0661. The molecule has 4 rings (SSSR count). The number of nitrogens with zero attached hydrogens (tertiary/aromatic N) is 3. The standard InChI is InChI=1S/C26H20F6N4O2/c1-16-8-10-17(11-9-16)14-36-23(37)34-22(33-21-7-3-6-20(13-21)26(30,31)32)35(24(36)38)15-18-4-2-5-19(12-18)25(27,28)29/h2-13H,14-15H2,1H3,(H,33,34,37). The third kappa shape index (κ3) is 6.13. The van der Waals surface area contributed by atoms with Crippen molar-refractivity contribution in [3.05, 3.63) is 122 Å². The second-order valence-corrected chi connectivity index (χ2v) is 8.56. The molecule has 0 saturated heterocycles. The summed E-state index contributed by atoms with van der Waals surface area (Å²) in [7, 11) is 0. The number of aryl methyl sites for hydroxylation is 1. The van der Waals surface area contributed by atoms with E-state index in [1.54, 1.807) is 24.3 Å². The highest BCUT2D eigenvalue weighted by atomic mass is 19.4. The molecule has 3 aromatic carbocycles. The highest BCUT2D eigenvalue weighted by Crippen LogP contribution is 2.32. The minimum atomic E-state index is -4.65. The van der Waals surface area contributed by atoms with Crippen LogP contribution < -0.4 is 16.7 Å². The molecule has 198 valence electrons. The lowest BCUT2D eigenvalue weighted by molar-refractivity contribution is -0.138. The van der Waals surface area contributed by atoms with Crippen molar-refractivity contribution in [1.82, 2.24) is 14.1 Å². The second-order valence-electron chi connectivity index (χ2n) is 8.56. The van der Waals surface area contributed by atoms with Crippen LogP contribution in [-0.4, -0.2) is 14.1 Å². The fourth-order valence-electron chi connectivity index (χ4n) is 3.71. The van der Waals surface area contributed by atoms with Crippen molar-refractivity contribution in [1.29, 1.82) is 0 Å². The number of alkyl halides is 6. The summed E-state index contributed by atoms with van der Waals surface area (Å²) in [5.41, 5.74) is -2.33. The fourth-order valence-corrected chi connectivity index (χ4v) is 3.71. The van der Waals surface area contributed by atoms with Crippen molar-refractivity contribution in [2.45, 2.75) is 32.4 Å². The minimum Gasteiger partial charge on any atom is -0.325 e. The Balaban J connectivity index is 1.81. The molecule has 6 nitrogen and oxygen atoms in total. The summed E-state index contributed by atoms with van der Waals surface area (Å²) < 4.78 is 81.0. The fraction of sp³-hybridized carbons (Fsp3) is 0.192. The van der Waals surface area contributed by atoms with Crippen LogP contribution in [0.2, 0.25) is 0 Å². The largest absolute Gasteiger partial charge is 0.416 e. The first kappa shape index (κ1) is 26.7. The van der Waals surface area contributed by atoms with Gasteiger partial charge in [0.15, 0.2) is 0 Å². The average molecular weight is 534 g/mol. The Morgan fingerprint density at radius 1 is 0.737 bits per heavy atom. The molecule has 0 unspecified atom stereocenters. The maximum absolute atomic E-state index is 13.4. The lowest BCUT2D eigenvalue weighted by Gasteiger charge is -2.17. The molecule has 0 aliphatic heterocycles. The molecule has 0 fully saturated rings. The Morgan fingerprint density at radius 3 is 1.95 bits per heavy atom. The lowest BCUT2D eigenvalue weighted by atomic mass is 10.1. The van der Waals surface area contributed by atoms with Crippen molar-refractivity contribution in [2.75, 3.05) is 5.32 Å². The van der Waals surface area contributed by atoms with Gasteiger partial charge >= 0.3 is 23.7 Å². The van der Waals surface area contributed by atoms with E-state index in [1.165, 1.54) is 18.2 Å². The van der Waals surface area contributed by atoms with Gasteiger partial charge in [-0.05, 0) is 48.4 Å². The van der Waals surface area contributed by atoms with Crippen molar-refractivity contribution in [2.24, 2.45) is 0 Å². The molecule has 0 atom stereocenters. The number of benzene rings is 3. The number of hydrogen-bond acceptors (Lipinski definition) is 4. The Hall–Kier alpha value is -4.35. The van der Waals surface area contributed by atoms with Crippen molar-refractivity contribution >= 4 is 11.6 Å². The molecule has 0 amide bonds. The number of hydrogen-bond donors (Lipinski definition) is 1. The summed E-state index contributed by atoms with van der Waals surface area (Å²) in [6, 6.07) is 15.2. The number of nitrogens with one attached hydrogen (secondary N) is 1. The molecule has 0 bridgehead atoms. The average Bonchev–Trinajstić information content (AvgIpc) is 2.85. The van der Waals surface area contributed by atoms with E-state index in [-0.39, 0.29) is 17.8 Å². The van der Waals surface area contributed by atoms with Crippen LogP contribution in [0.1, 0.15) is 27.8 Å². The van der Waals surface area contributed by atoms with Crippen molar-refractivity contribution < 1.29 is 26.3 Å². The third-order valence-electron chi connectivity index (χ3n) is 5.65. The van der Waals surface area contributed by atoms with Gasteiger partial charge in [-0.3, -0.25) is 4.57 Å². The van der Waals surface area contributed by atoms with Crippen LogP contribution in [0, 0.1) is 6.92 Å². The number of anilines is 2. The summed E-state index contributed by atoms with van der Waals surface area (Å²) >= 11 is 0. The van der Waals surface area contributed by atoms with Crippen LogP contribution in [0.3, 0.4) is 0 Å². The smallest absolute Gasteiger partial charge is 0.325 e. The van der Waals surface area contributed by atoms with Crippen LogP contribution >= 0.6 is 0 Å². The van der Waals surface area contributed by atoms with E-state index in [4.69, 9.17) is 0 Å². The molecular weight excluding hydrogens is 514 g/mol. The maximum Gasteiger partial charge on any atom is 0.416 e. The molecule has 1 heterocycles. The normalized spacial score (nSPS) is 12.0. The molecule has 0 spiro atoms. The first-order valence-electron chi connectivity index (χ1n) is 11.2. The van der Waals surface area contributed by atoms with Crippen molar-refractivity contribution in [3.63, 3.8) is 0 Å². The predicted octanol–water partition coefficient (Wildman–Crippen LogP) is 5.59. The van der Waals surface area contributed by atoms with E-state index in [9.17, 15) is 35.9 Å². The van der Waals surface area contributed by atoms with Gasteiger partial charge in [-0.2, -0.15) is 31.3 Å². The van der Waals surface area contributed by atoms with E-state index in [0.29, 0.717) is 5.56 Å². The van der Waals surface area contributed by atoms with E-state index in [0.717, 1.165) is 45.0 Å². The zero-order valence-electron chi connectivity index (χ0n) is 19.8. The maximum atomic E-state index is 13.4. The van der Waals surface area contributed by atoms with Crippen LogP contribution in [0.15, 0.2) is 82.4 Å². The van der Waals surface area contributed by atoms with Gasteiger partial charge in [-0.15, -0.1) is 0 Å². The van der Waals surface area contributed by atoms with Crippen molar-refractivity contribution in [3.8, 4) is 0 Å². The first-order valence-corrected chi connectivity index (χ1v) is 11.2. The van der Waals surface area contributed by atoms with Gasteiger partial charge in [-0.25, -0.2) is 14.2 Å². The SMILES string of the molecule is Cc1ccc(Cn2c(=O)nc(Nc3cccc(C(F)(F)F)c3)n(Cc3cccc(C(F)(F)F)c3)c2=O)cc1. The quantitative estimate of drug-likeness (QED) is 0.328. The molecule has 0 aliphatic rings. The highest BCUT2D eigenvalue weighted by molar-refractivity contribution is 5.55. The van der Waals surface area contributed by atoms with E-state index in [2.05, 4.69) is 10.3 Å². The molecule has 0 radical (unpaired) electrons. The van der Waals surface area contributed by atoms with E-state index < -0.39 is 47.4 Å². The molecule has 12 heteroatoms. The summed E-state index contributed by atoms with van der Waals surface area (Å²) in [6.07, 6.45) is -9.29. The van der Waals surface area contributed by atoms with Crippen LogP contribution in [0.25, 0.3) is 0 Å². The summed E-state index contributed by atoms with van der Waals surface area (Å²) in [4.78, 5) is 30.1. The molecule has 4 aromatic rings. The zero-order chi connectivity index (χ0) is 27.7. The van der Waals surface area contributed by atoms with Gasteiger partial charge in [0.2, 0.25) is 5.95 Å². The number of halogens is 6. The summed E-state index contributed by atoms with van der Waals surface area (Å²) in [5, 5.41) is 2.55. The Kier molecular flexibility index (Phi) is 7.16. The molecule has 1 aromatic heterocycles. The van der Waals surface area contributed by atoms with E-state index >= 15 is 0 Å². The summed E-state index contributed by atoms with van der Waals surface area (Å²) in [6.45, 7) is 1.25.